The number of nitrogens with one attached hydrogen (secondary N) is 2. The maximum absolute atomic E-state index is 12.7. The predicted octanol–water partition coefficient (Wildman–Crippen LogP) is 3.21. The molecule has 1 aliphatic heterocycles. The molecule has 0 fully saturated rings. The fraction of sp³-hybridized carbons (Fsp3) is 0.176. The van der Waals surface area contributed by atoms with Gasteiger partial charge in [0.25, 0.3) is 10.0 Å². The van der Waals surface area contributed by atoms with E-state index in [1.807, 2.05) is 26.0 Å². The lowest BCUT2D eigenvalue weighted by Gasteiger charge is -2.06. The van der Waals surface area contributed by atoms with Crippen molar-refractivity contribution in [1.82, 2.24) is 4.98 Å². The van der Waals surface area contributed by atoms with E-state index in [1.54, 1.807) is 6.07 Å². The second-order valence-electron chi connectivity index (χ2n) is 6.10. The van der Waals surface area contributed by atoms with Crippen LogP contribution in [0.3, 0.4) is 0 Å². The number of fused-ring (bicyclic) bond motifs is 2. The monoisotopic (exact) mass is 373 g/mol. The Balaban J connectivity index is 1.69. The summed E-state index contributed by atoms with van der Waals surface area (Å²) in [5.41, 5.74) is 4.27. The van der Waals surface area contributed by atoms with Crippen LogP contribution in [-0.4, -0.2) is 19.3 Å². The Bertz CT molecular complexity index is 1130. The first kappa shape index (κ1) is 16.0. The standard InChI is InChI=1S/C17H15N3O3S2/c1-9-5-10(2)16-14(6-9)24-17(19-16)20-25(22,23)12-3-4-13-11(7-12)8-15(21)18-13/h3-7H,8H2,1-2H3,(H,18,21)(H,19,20). The van der Waals surface area contributed by atoms with Crippen molar-refractivity contribution in [3.8, 4) is 0 Å². The number of amides is 1. The lowest BCUT2D eigenvalue weighted by atomic mass is 10.1. The normalized spacial score (nSPS) is 13.8. The van der Waals surface area contributed by atoms with Gasteiger partial charge in [0.1, 0.15) is 0 Å². The molecule has 128 valence electrons. The number of thiazole rings is 1. The average molecular weight is 373 g/mol. The molecule has 6 nitrogen and oxygen atoms in total. The molecule has 25 heavy (non-hydrogen) atoms. The van der Waals surface area contributed by atoms with Crippen LogP contribution in [0.4, 0.5) is 10.8 Å². The Labute approximate surface area is 149 Å². The highest BCUT2D eigenvalue weighted by Gasteiger charge is 2.23. The minimum Gasteiger partial charge on any atom is -0.326 e. The van der Waals surface area contributed by atoms with Crippen molar-refractivity contribution in [3.05, 3.63) is 47.0 Å². The van der Waals surface area contributed by atoms with Crippen molar-refractivity contribution in [2.75, 3.05) is 10.0 Å². The molecule has 0 spiro atoms. The number of rotatable bonds is 3. The summed E-state index contributed by atoms with van der Waals surface area (Å²) in [6.45, 7) is 3.95. The molecular formula is C17H15N3O3S2. The fourth-order valence-corrected chi connectivity index (χ4v) is 5.29. The highest BCUT2D eigenvalue weighted by molar-refractivity contribution is 7.93. The van der Waals surface area contributed by atoms with Gasteiger partial charge in [-0.3, -0.25) is 9.52 Å². The van der Waals surface area contributed by atoms with Crippen LogP contribution in [-0.2, 0) is 21.2 Å². The second kappa shape index (κ2) is 5.53. The zero-order chi connectivity index (χ0) is 17.8. The maximum Gasteiger partial charge on any atom is 0.263 e. The number of carbonyl (C=O) groups excluding carboxylic acids is 1. The van der Waals surface area contributed by atoms with E-state index in [-0.39, 0.29) is 17.2 Å². The third-order valence-electron chi connectivity index (χ3n) is 4.06. The van der Waals surface area contributed by atoms with Gasteiger partial charge in [0, 0.05) is 5.69 Å². The van der Waals surface area contributed by atoms with Crippen LogP contribution >= 0.6 is 11.3 Å². The molecule has 0 saturated heterocycles. The van der Waals surface area contributed by atoms with Crippen LogP contribution < -0.4 is 10.0 Å². The first-order valence-electron chi connectivity index (χ1n) is 7.65. The van der Waals surface area contributed by atoms with Crippen molar-refractivity contribution in [1.29, 1.82) is 0 Å². The van der Waals surface area contributed by atoms with Gasteiger partial charge in [-0.15, -0.1) is 0 Å². The van der Waals surface area contributed by atoms with Gasteiger partial charge in [0.15, 0.2) is 5.13 Å². The summed E-state index contributed by atoms with van der Waals surface area (Å²) in [7, 11) is -3.76. The van der Waals surface area contributed by atoms with Crippen molar-refractivity contribution in [3.63, 3.8) is 0 Å². The van der Waals surface area contributed by atoms with Crippen LogP contribution in [0, 0.1) is 13.8 Å². The van der Waals surface area contributed by atoms with E-state index in [0.29, 0.717) is 16.4 Å². The highest BCUT2D eigenvalue weighted by Crippen LogP contribution is 2.31. The van der Waals surface area contributed by atoms with E-state index in [9.17, 15) is 13.2 Å². The first-order valence-corrected chi connectivity index (χ1v) is 9.95. The van der Waals surface area contributed by atoms with Gasteiger partial charge in [0.05, 0.1) is 21.5 Å². The minimum atomic E-state index is -3.76. The van der Waals surface area contributed by atoms with Gasteiger partial charge < -0.3 is 5.32 Å². The molecule has 1 aliphatic rings. The molecule has 2 heterocycles. The number of aryl methyl sites for hydroxylation is 2. The third-order valence-corrected chi connectivity index (χ3v) is 6.45. The minimum absolute atomic E-state index is 0.120. The molecule has 2 N–H and O–H groups in total. The topological polar surface area (TPSA) is 88.2 Å². The van der Waals surface area contributed by atoms with E-state index < -0.39 is 10.0 Å². The van der Waals surface area contributed by atoms with Crippen LogP contribution in [0.1, 0.15) is 16.7 Å². The van der Waals surface area contributed by atoms with Gasteiger partial charge in [-0.25, -0.2) is 13.4 Å². The number of hydrogen-bond acceptors (Lipinski definition) is 5. The Morgan fingerprint density at radius 2 is 2.00 bits per heavy atom. The van der Waals surface area contributed by atoms with Crippen molar-refractivity contribution < 1.29 is 13.2 Å². The van der Waals surface area contributed by atoms with Gasteiger partial charge in [-0.05, 0) is 54.8 Å². The van der Waals surface area contributed by atoms with E-state index in [2.05, 4.69) is 15.0 Å². The summed E-state index contributed by atoms with van der Waals surface area (Å²) >= 11 is 1.31. The number of carbonyl (C=O) groups is 1. The van der Waals surface area contributed by atoms with Gasteiger partial charge >= 0.3 is 0 Å². The average Bonchev–Trinajstić information content (AvgIpc) is 3.07. The van der Waals surface area contributed by atoms with Crippen molar-refractivity contribution >= 4 is 48.3 Å². The van der Waals surface area contributed by atoms with Crippen LogP contribution in [0.15, 0.2) is 35.2 Å². The lowest BCUT2D eigenvalue weighted by Crippen LogP contribution is -2.12. The number of anilines is 2. The summed E-state index contributed by atoms with van der Waals surface area (Å²) in [6.07, 6.45) is 0.193. The quantitative estimate of drug-likeness (QED) is 0.738. The van der Waals surface area contributed by atoms with E-state index in [4.69, 9.17) is 0 Å². The van der Waals surface area contributed by atoms with Crippen LogP contribution in [0.2, 0.25) is 0 Å². The predicted molar refractivity (Wildman–Crippen MR) is 98.7 cm³/mol. The molecule has 0 saturated carbocycles. The zero-order valence-corrected chi connectivity index (χ0v) is 15.2. The number of sulfonamides is 1. The summed E-state index contributed by atoms with van der Waals surface area (Å²) in [5.74, 6) is -0.130. The van der Waals surface area contributed by atoms with Crippen molar-refractivity contribution in [2.24, 2.45) is 0 Å². The van der Waals surface area contributed by atoms with E-state index in [0.717, 1.165) is 21.3 Å². The fourth-order valence-electron chi connectivity index (χ4n) is 2.96. The molecule has 0 unspecified atom stereocenters. The molecule has 1 aromatic heterocycles. The molecule has 1 amide bonds. The number of benzene rings is 2. The van der Waals surface area contributed by atoms with Crippen LogP contribution in [0.25, 0.3) is 10.2 Å². The largest absolute Gasteiger partial charge is 0.326 e. The lowest BCUT2D eigenvalue weighted by molar-refractivity contribution is -0.115. The highest BCUT2D eigenvalue weighted by atomic mass is 32.2. The third kappa shape index (κ3) is 2.87. The van der Waals surface area contributed by atoms with Gasteiger partial charge in [-0.2, -0.15) is 0 Å². The Hall–Kier alpha value is -2.45. The molecule has 8 heteroatoms. The Kier molecular flexibility index (Phi) is 3.55. The Morgan fingerprint density at radius 3 is 2.80 bits per heavy atom. The summed E-state index contributed by atoms with van der Waals surface area (Å²) < 4.78 is 28.8. The number of aromatic nitrogens is 1. The SMILES string of the molecule is Cc1cc(C)c2nc(NS(=O)(=O)c3ccc4c(c3)CC(=O)N4)sc2c1. The summed E-state index contributed by atoms with van der Waals surface area (Å²) in [5, 5.41) is 3.02. The molecule has 2 aromatic carbocycles. The zero-order valence-electron chi connectivity index (χ0n) is 13.6. The first-order chi connectivity index (χ1) is 11.8. The smallest absolute Gasteiger partial charge is 0.263 e. The van der Waals surface area contributed by atoms with E-state index in [1.165, 1.54) is 23.5 Å². The van der Waals surface area contributed by atoms with Crippen molar-refractivity contribution in [2.45, 2.75) is 25.2 Å². The molecule has 4 rings (SSSR count). The summed E-state index contributed by atoms with van der Waals surface area (Å²) in [4.78, 5) is 16.0. The van der Waals surface area contributed by atoms with E-state index >= 15 is 0 Å². The number of nitrogens with zero attached hydrogens (tertiary/aromatic N) is 1. The molecule has 0 aliphatic carbocycles. The molecule has 0 radical (unpaired) electrons. The Morgan fingerprint density at radius 1 is 1.20 bits per heavy atom. The molecule has 3 aromatic rings. The summed E-state index contributed by atoms with van der Waals surface area (Å²) in [6, 6.07) is 8.63. The van der Waals surface area contributed by atoms with Crippen LogP contribution in [0.5, 0.6) is 0 Å². The second-order valence-corrected chi connectivity index (χ2v) is 8.81. The van der Waals surface area contributed by atoms with Gasteiger partial charge in [0.2, 0.25) is 5.91 Å². The molecule has 0 bridgehead atoms. The molecular weight excluding hydrogens is 358 g/mol. The maximum atomic E-state index is 12.7. The van der Waals surface area contributed by atoms with Gasteiger partial charge in [-0.1, -0.05) is 17.4 Å². The number of hydrogen-bond donors (Lipinski definition) is 2. The molecule has 0 atom stereocenters.